The highest BCUT2D eigenvalue weighted by molar-refractivity contribution is 4.97. The average molecular weight is 235 g/mol. The Morgan fingerprint density at radius 2 is 1.06 bits per heavy atom. The minimum Gasteiger partial charge on any atom is -0.308 e. The highest BCUT2D eigenvalue weighted by Crippen LogP contribution is 2.31. The molecule has 0 saturated carbocycles. The van der Waals surface area contributed by atoms with Crippen molar-refractivity contribution in [2.75, 3.05) is 39.3 Å². The smallest absolute Gasteiger partial charge is 0.0227 e. The predicted octanol–water partition coefficient (Wildman–Crippen LogP) is 0.764. The molecular formula is C14H25N3. The largest absolute Gasteiger partial charge is 0.308 e. The molecule has 0 amide bonds. The van der Waals surface area contributed by atoms with Crippen LogP contribution in [0.1, 0.15) is 25.7 Å². The number of nitrogens with zero attached hydrogens (tertiary/aromatic N) is 2. The summed E-state index contributed by atoms with van der Waals surface area (Å²) in [5.74, 6) is 1.96. The molecule has 3 heteroatoms. The lowest BCUT2D eigenvalue weighted by atomic mass is 9.80. The van der Waals surface area contributed by atoms with Gasteiger partial charge in [-0.3, -0.25) is 0 Å². The van der Waals surface area contributed by atoms with Crippen LogP contribution in [0.15, 0.2) is 0 Å². The van der Waals surface area contributed by atoms with Crippen LogP contribution in [-0.2, 0) is 0 Å². The Bertz CT molecular complexity index is 249. The Hall–Kier alpha value is -0.120. The lowest BCUT2D eigenvalue weighted by Crippen LogP contribution is -2.63. The first-order valence-electron chi connectivity index (χ1n) is 7.59. The molecule has 2 atom stereocenters. The summed E-state index contributed by atoms with van der Waals surface area (Å²) in [6.07, 6.45) is 5.77. The van der Waals surface area contributed by atoms with Crippen molar-refractivity contribution < 1.29 is 0 Å². The normalized spacial score (nSPS) is 52.9. The molecule has 6 fully saturated rings. The van der Waals surface area contributed by atoms with Crippen LogP contribution in [0.2, 0.25) is 0 Å². The Morgan fingerprint density at radius 3 is 1.35 bits per heavy atom. The molecular weight excluding hydrogens is 210 g/mol. The molecule has 0 spiro atoms. The van der Waals surface area contributed by atoms with Crippen LogP contribution in [0.25, 0.3) is 0 Å². The minimum atomic E-state index is 0.808. The highest BCUT2D eigenvalue weighted by Gasteiger charge is 2.39. The molecule has 6 aliphatic rings. The summed E-state index contributed by atoms with van der Waals surface area (Å²) in [5.41, 5.74) is 0. The first-order valence-corrected chi connectivity index (χ1v) is 7.59. The number of nitrogens with one attached hydrogen (secondary N) is 1. The van der Waals surface area contributed by atoms with Gasteiger partial charge in [0.1, 0.15) is 0 Å². The standard InChI is InChI=1S/C14H25N3/c1-5-16-6-2-11(1)13(9-16)15-14-10-17-7-3-12(14)4-8-17/h11-15H,1-10H2/t13-,14-/m1/s1. The second-order valence-corrected chi connectivity index (χ2v) is 6.66. The monoisotopic (exact) mass is 235 g/mol. The van der Waals surface area contributed by atoms with Gasteiger partial charge in [0.25, 0.3) is 0 Å². The summed E-state index contributed by atoms with van der Waals surface area (Å²) >= 11 is 0. The second-order valence-electron chi connectivity index (χ2n) is 6.66. The Balaban J connectivity index is 1.41. The number of hydrogen-bond donors (Lipinski definition) is 1. The summed E-state index contributed by atoms with van der Waals surface area (Å²) in [6, 6.07) is 1.62. The molecule has 17 heavy (non-hydrogen) atoms. The van der Waals surface area contributed by atoms with E-state index in [4.69, 9.17) is 0 Å². The third kappa shape index (κ3) is 1.92. The zero-order valence-electron chi connectivity index (χ0n) is 10.8. The van der Waals surface area contributed by atoms with Gasteiger partial charge < -0.3 is 15.1 Å². The Kier molecular flexibility index (Phi) is 2.67. The van der Waals surface area contributed by atoms with Crippen molar-refractivity contribution in [3.05, 3.63) is 0 Å². The molecule has 3 nitrogen and oxygen atoms in total. The van der Waals surface area contributed by atoms with Gasteiger partial charge in [-0.25, -0.2) is 0 Å². The van der Waals surface area contributed by atoms with Gasteiger partial charge in [0, 0.05) is 25.2 Å². The fourth-order valence-electron chi connectivity index (χ4n) is 4.58. The maximum Gasteiger partial charge on any atom is 0.0227 e. The molecule has 4 bridgehead atoms. The zero-order chi connectivity index (χ0) is 11.2. The molecule has 0 aliphatic carbocycles. The van der Waals surface area contributed by atoms with E-state index < -0.39 is 0 Å². The van der Waals surface area contributed by atoms with E-state index in [1.165, 1.54) is 65.0 Å². The van der Waals surface area contributed by atoms with Crippen LogP contribution < -0.4 is 5.32 Å². The molecule has 0 radical (unpaired) electrons. The first-order chi connectivity index (χ1) is 8.38. The van der Waals surface area contributed by atoms with Gasteiger partial charge in [-0.15, -0.1) is 0 Å². The van der Waals surface area contributed by atoms with Crippen molar-refractivity contribution in [1.82, 2.24) is 15.1 Å². The molecule has 6 heterocycles. The van der Waals surface area contributed by atoms with Crippen LogP contribution in [0, 0.1) is 11.8 Å². The van der Waals surface area contributed by atoms with E-state index >= 15 is 0 Å². The minimum absolute atomic E-state index is 0.808. The Labute approximate surface area is 105 Å². The van der Waals surface area contributed by atoms with E-state index in [-0.39, 0.29) is 0 Å². The maximum atomic E-state index is 4.04. The number of fused-ring (bicyclic) bond motifs is 6. The van der Waals surface area contributed by atoms with E-state index in [1.54, 1.807) is 0 Å². The van der Waals surface area contributed by atoms with E-state index in [9.17, 15) is 0 Å². The lowest BCUT2D eigenvalue weighted by Gasteiger charge is -2.50. The van der Waals surface area contributed by atoms with E-state index in [0.717, 1.165) is 23.9 Å². The summed E-state index contributed by atoms with van der Waals surface area (Å²) in [7, 11) is 0. The molecule has 1 N–H and O–H groups in total. The highest BCUT2D eigenvalue weighted by atomic mass is 15.2. The zero-order valence-corrected chi connectivity index (χ0v) is 10.8. The van der Waals surface area contributed by atoms with Crippen LogP contribution >= 0.6 is 0 Å². The van der Waals surface area contributed by atoms with Crippen molar-refractivity contribution >= 4 is 0 Å². The molecule has 0 unspecified atom stereocenters. The SMILES string of the molecule is C1CN2CCC1[C@H](N[C@@H]1CN3CCC1CC3)C2. The fraction of sp³-hybridized carbons (Fsp3) is 1.00. The van der Waals surface area contributed by atoms with Crippen LogP contribution in [0.5, 0.6) is 0 Å². The molecule has 0 aromatic heterocycles. The molecule has 96 valence electrons. The van der Waals surface area contributed by atoms with Gasteiger partial charge in [-0.2, -0.15) is 0 Å². The van der Waals surface area contributed by atoms with Gasteiger partial charge in [-0.1, -0.05) is 0 Å². The van der Waals surface area contributed by atoms with Crippen molar-refractivity contribution in [2.24, 2.45) is 11.8 Å². The topological polar surface area (TPSA) is 18.5 Å². The van der Waals surface area contributed by atoms with Crippen LogP contribution in [0.4, 0.5) is 0 Å². The number of hydrogen-bond acceptors (Lipinski definition) is 3. The Morgan fingerprint density at radius 1 is 0.647 bits per heavy atom. The molecule has 6 aliphatic heterocycles. The van der Waals surface area contributed by atoms with Crippen LogP contribution in [0.3, 0.4) is 0 Å². The molecule has 0 aromatic rings. The summed E-state index contributed by atoms with van der Waals surface area (Å²) < 4.78 is 0. The average Bonchev–Trinajstić information content (AvgIpc) is 2.41. The van der Waals surface area contributed by atoms with Gasteiger partial charge in [0.15, 0.2) is 0 Å². The fourth-order valence-corrected chi connectivity index (χ4v) is 4.58. The van der Waals surface area contributed by atoms with Gasteiger partial charge >= 0.3 is 0 Å². The van der Waals surface area contributed by atoms with Gasteiger partial charge in [0.2, 0.25) is 0 Å². The lowest BCUT2D eigenvalue weighted by molar-refractivity contribution is 0.0264. The maximum absolute atomic E-state index is 4.04. The van der Waals surface area contributed by atoms with Crippen LogP contribution in [-0.4, -0.2) is 61.2 Å². The predicted molar refractivity (Wildman–Crippen MR) is 69.0 cm³/mol. The number of piperidine rings is 6. The third-order valence-electron chi connectivity index (χ3n) is 5.74. The van der Waals surface area contributed by atoms with E-state index in [1.807, 2.05) is 0 Å². The van der Waals surface area contributed by atoms with Crippen molar-refractivity contribution in [3.8, 4) is 0 Å². The van der Waals surface area contributed by atoms with E-state index in [2.05, 4.69) is 15.1 Å². The summed E-state index contributed by atoms with van der Waals surface area (Å²) in [5, 5.41) is 4.04. The van der Waals surface area contributed by atoms with Gasteiger partial charge in [0.05, 0.1) is 0 Å². The van der Waals surface area contributed by atoms with Crippen molar-refractivity contribution in [2.45, 2.75) is 37.8 Å². The quantitative estimate of drug-likeness (QED) is 0.762. The molecule has 0 aromatic carbocycles. The van der Waals surface area contributed by atoms with Crippen molar-refractivity contribution in [3.63, 3.8) is 0 Å². The van der Waals surface area contributed by atoms with Crippen molar-refractivity contribution in [1.29, 1.82) is 0 Å². The summed E-state index contributed by atoms with van der Waals surface area (Å²) in [4.78, 5) is 5.33. The van der Waals surface area contributed by atoms with E-state index in [0.29, 0.717) is 0 Å². The number of rotatable bonds is 2. The first kappa shape index (κ1) is 10.8. The van der Waals surface area contributed by atoms with Gasteiger partial charge in [-0.05, 0) is 63.7 Å². The second kappa shape index (κ2) is 4.22. The molecule has 6 rings (SSSR count). The third-order valence-corrected chi connectivity index (χ3v) is 5.74. The molecule has 6 saturated heterocycles. The summed E-state index contributed by atoms with van der Waals surface area (Å²) in [6.45, 7) is 8.11.